The predicted molar refractivity (Wildman–Crippen MR) is 84.8 cm³/mol. The van der Waals surface area contributed by atoms with Gasteiger partial charge in [-0.15, -0.1) is 0 Å². The molecule has 106 valence electrons. The summed E-state index contributed by atoms with van der Waals surface area (Å²) in [5.74, 6) is -0.207. The summed E-state index contributed by atoms with van der Waals surface area (Å²) in [6.45, 7) is 3.72. The van der Waals surface area contributed by atoms with Crippen LogP contribution in [0.3, 0.4) is 0 Å². The number of nitrogen functional groups attached to an aromatic ring is 1. The van der Waals surface area contributed by atoms with Crippen LogP contribution in [-0.4, -0.2) is 6.10 Å². The van der Waals surface area contributed by atoms with Crippen molar-refractivity contribution in [3.63, 3.8) is 0 Å². The number of benzene rings is 2. The van der Waals surface area contributed by atoms with Gasteiger partial charge in [-0.05, 0) is 38.1 Å². The second kappa shape index (κ2) is 6.50. The number of nitrogens with two attached hydrogens (primary N) is 1. The molecular formula is C15H15BrFNOS. The number of ether oxygens (including phenoxy) is 1. The molecule has 0 saturated heterocycles. The summed E-state index contributed by atoms with van der Waals surface area (Å²) in [5, 5.41) is 0. The van der Waals surface area contributed by atoms with Gasteiger partial charge in [-0.3, -0.25) is 0 Å². The number of hydrogen-bond donors (Lipinski definition) is 1. The van der Waals surface area contributed by atoms with Crippen LogP contribution in [0.4, 0.5) is 10.1 Å². The molecule has 0 atom stereocenters. The summed E-state index contributed by atoms with van der Waals surface area (Å²) >= 11 is 4.90. The van der Waals surface area contributed by atoms with Gasteiger partial charge in [0.2, 0.25) is 0 Å². The molecule has 0 aromatic heterocycles. The van der Waals surface area contributed by atoms with Crippen molar-refractivity contribution in [2.75, 3.05) is 5.73 Å². The highest BCUT2D eigenvalue weighted by molar-refractivity contribution is 9.10. The van der Waals surface area contributed by atoms with Gasteiger partial charge in [0.05, 0.1) is 6.10 Å². The van der Waals surface area contributed by atoms with Crippen LogP contribution in [0.25, 0.3) is 0 Å². The van der Waals surface area contributed by atoms with Crippen LogP contribution in [0, 0.1) is 5.82 Å². The van der Waals surface area contributed by atoms with Crippen LogP contribution in [0.5, 0.6) is 5.75 Å². The lowest BCUT2D eigenvalue weighted by Gasteiger charge is -2.13. The maximum atomic E-state index is 13.8. The van der Waals surface area contributed by atoms with Gasteiger partial charge in [0.25, 0.3) is 0 Å². The first-order valence-corrected chi connectivity index (χ1v) is 7.75. The number of halogens is 2. The van der Waals surface area contributed by atoms with Crippen LogP contribution in [-0.2, 0) is 0 Å². The fraction of sp³-hybridized carbons (Fsp3) is 0.200. The Kier molecular flexibility index (Phi) is 4.94. The molecule has 2 aromatic rings. The molecule has 0 unspecified atom stereocenters. The number of hydrogen-bond acceptors (Lipinski definition) is 3. The van der Waals surface area contributed by atoms with Gasteiger partial charge in [-0.25, -0.2) is 4.39 Å². The van der Waals surface area contributed by atoms with Crippen LogP contribution >= 0.6 is 27.7 Å². The zero-order valence-corrected chi connectivity index (χ0v) is 13.6. The summed E-state index contributed by atoms with van der Waals surface area (Å²) in [4.78, 5) is 1.80. The van der Waals surface area contributed by atoms with E-state index in [1.54, 1.807) is 6.07 Å². The van der Waals surface area contributed by atoms with Gasteiger partial charge in [-0.2, -0.15) is 0 Å². The summed E-state index contributed by atoms with van der Waals surface area (Å²) < 4.78 is 20.2. The Labute approximate surface area is 130 Å². The molecule has 0 bridgehead atoms. The summed E-state index contributed by atoms with van der Waals surface area (Å²) in [6.07, 6.45) is -0.0863. The molecule has 0 amide bonds. The molecule has 0 aliphatic heterocycles. The van der Waals surface area contributed by atoms with Crippen molar-refractivity contribution in [2.24, 2.45) is 0 Å². The first-order valence-electron chi connectivity index (χ1n) is 6.15. The molecule has 0 aliphatic rings. The Morgan fingerprint density at radius 1 is 1.25 bits per heavy atom. The summed E-state index contributed by atoms with van der Waals surface area (Å²) in [6, 6.07) is 10.8. The molecule has 20 heavy (non-hydrogen) atoms. The van der Waals surface area contributed by atoms with E-state index < -0.39 is 5.82 Å². The van der Waals surface area contributed by atoms with Crippen molar-refractivity contribution in [2.45, 2.75) is 29.7 Å². The van der Waals surface area contributed by atoms with E-state index in [0.29, 0.717) is 5.69 Å². The van der Waals surface area contributed by atoms with E-state index in [2.05, 4.69) is 15.9 Å². The zero-order chi connectivity index (χ0) is 14.7. The maximum Gasteiger partial charge on any atom is 0.167 e. The monoisotopic (exact) mass is 355 g/mol. The largest absolute Gasteiger partial charge is 0.488 e. The van der Waals surface area contributed by atoms with Crippen molar-refractivity contribution >= 4 is 33.4 Å². The molecule has 0 radical (unpaired) electrons. The van der Waals surface area contributed by atoms with E-state index in [1.807, 2.05) is 38.1 Å². The van der Waals surface area contributed by atoms with Crippen molar-refractivity contribution in [3.8, 4) is 5.75 Å². The molecule has 2 aromatic carbocycles. The Bertz CT molecular complexity index is 619. The number of anilines is 1. The summed E-state index contributed by atoms with van der Waals surface area (Å²) in [7, 11) is 0. The fourth-order valence-corrected chi connectivity index (χ4v) is 3.12. The molecule has 0 spiro atoms. The normalized spacial score (nSPS) is 10.8. The van der Waals surface area contributed by atoms with Gasteiger partial charge in [-0.1, -0.05) is 33.8 Å². The smallest absolute Gasteiger partial charge is 0.167 e. The Balaban J connectivity index is 2.31. The Hall–Kier alpha value is -1.20. The van der Waals surface area contributed by atoms with Crippen molar-refractivity contribution in [3.05, 3.63) is 46.7 Å². The predicted octanol–water partition coefficient (Wildman–Crippen LogP) is 5.11. The summed E-state index contributed by atoms with van der Waals surface area (Å²) in [5.41, 5.74) is 6.28. The van der Waals surface area contributed by atoms with E-state index in [1.165, 1.54) is 17.8 Å². The van der Waals surface area contributed by atoms with E-state index in [-0.39, 0.29) is 11.9 Å². The molecule has 2 rings (SSSR count). The minimum Gasteiger partial charge on any atom is -0.488 e. The fourth-order valence-electron chi connectivity index (χ4n) is 1.64. The average Bonchev–Trinajstić information content (AvgIpc) is 2.34. The molecule has 0 fully saturated rings. The average molecular weight is 356 g/mol. The molecule has 0 saturated carbocycles. The number of rotatable bonds is 4. The highest BCUT2D eigenvalue weighted by atomic mass is 79.9. The van der Waals surface area contributed by atoms with E-state index in [0.717, 1.165) is 14.3 Å². The van der Waals surface area contributed by atoms with Gasteiger partial charge in [0.1, 0.15) is 0 Å². The quantitative estimate of drug-likeness (QED) is 0.774. The first kappa shape index (κ1) is 15.2. The minimum absolute atomic E-state index is 0.0863. The lowest BCUT2D eigenvalue weighted by molar-refractivity contribution is 0.230. The molecule has 5 heteroatoms. The van der Waals surface area contributed by atoms with E-state index in [4.69, 9.17) is 10.5 Å². The zero-order valence-electron chi connectivity index (χ0n) is 11.2. The Morgan fingerprint density at radius 2 is 2.00 bits per heavy atom. The molecule has 0 heterocycles. The highest BCUT2D eigenvalue weighted by Crippen LogP contribution is 2.37. The second-order valence-electron chi connectivity index (χ2n) is 4.55. The van der Waals surface area contributed by atoms with Crippen molar-refractivity contribution in [1.82, 2.24) is 0 Å². The lowest BCUT2D eigenvalue weighted by Crippen LogP contribution is -2.07. The lowest BCUT2D eigenvalue weighted by atomic mass is 10.3. The standard InChI is InChI=1S/C15H15BrFNOS/c1-9(2)19-14-8-15(13(18)7-12(14)17)20-11-5-3-4-10(16)6-11/h3-9H,18H2,1-2H3. The van der Waals surface area contributed by atoms with Gasteiger partial charge >= 0.3 is 0 Å². The topological polar surface area (TPSA) is 35.2 Å². The third-order valence-electron chi connectivity index (χ3n) is 2.45. The molecule has 0 aliphatic carbocycles. The van der Waals surface area contributed by atoms with Gasteiger partial charge in [0.15, 0.2) is 11.6 Å². The highest BCUT2D eigenvalue weighted by Gasteiger charge is 2.11. The van der Waals surface area contributed by atoms with Crippen molar-refractivity contribution < 1.29 is 9.13 Å². The van der Waals surface area contributed by atoms with Gasteiger partial charge < -0.3 is 10.5 Å². The minimum atomic E-state index is -0.435. The Morgan fingerprint density at radius 3 is 2.65 bits per heavy atom. The first-order chi connectivity index (χ1) is 9.45. The van der Waals surface area contributed by atoms with E-state index in [9.17, 15) is 4.39 Å². The third-order valence-corrected chi connectivity index (χ3v) is 4.01. The third kappa shape index (κ3) is 3.90. The van der Waals surface area contributed by atoms with Crippen molar-refractivity contribution in [1.29, 1.82) is 0 Å². The molecule has 2 nitrogen and oxygen atoms in total. The van der Waals surface area contributed by atoms with Crippen LogP contribution < -0.4 is 10.5 Å². The van der Waals surface area contributed by atoms with Crippen LogP contribution in [0.2, 0.25) is 0 Å². The SMILES string of the molecule is CC(C)Oc1cc(Sc2cccc(Br)c2)c(N)cc1F. The molecule has 2 N–H and O–H groups in total. The van der Waals surface area contributed by atoms with E-state index >= 15 is 0 Å². The van der Waals surface area contributed by atoms with Crippen LogP contribution in [0.15, 0.2) is 50.7 Å². The van der Waals surface area contributed by atoms with Crippen LogP contribution in [0.1, 0.15) is 13.8 Å². The second-order valence-corrected chi connectivity index (χ2v) is 6.58. The van der Waals surface area contributed by atoms with Gasteiger partial charge in [0, 0.05) is 26.0 Å². The molecular weight excluding hydrogens is 341 g/mol. The maximum absolute atomic E-state index is 13.8.